The molecule has 6 aromatic carbocycles. The normalized spacial score (nSPS) is 22.6. The molecule has 0 amide bonds. The summed E-state index contributed by atoms with van der Waals surface area (Å²) in [6.07, 6.45) is 7.24. The molecule has 3 heterocycles. The highest BCUT2D eigenvalue weighted by Gasteiger charge is 2.58. The fourth-order valence-corrected chi connectivity index (χ4v) is 13.0. The number of nitrogens with zero attached hydrogens (tertiary/aromatic N) is 3. The lowest BCUT2D eigenvalue weighted by Crippen LogP contribution is -2.62. The van der Waals surface area contributed by atoms with E-state index >= 15 is 0 Å². The zero-order valence-electron chi connectivity index (χ0n) is 40.7. The van der Waals surface area contributed by atoms with Gasteiger partial charge in [0.1, 0.15) is 0 Å². The number of anilines is 8. The largest absolute Gasteiger partial charge is 0.334 e. The summed E-state index contributed by atoms with van der Waals surface area (Å²) in [5.41, 5.74) is 21.8. The average molecular weight is 842 g/mol. The fraction of sp³-hybridized carbons (Fsp3) is 0.400. The van der Waals surface area contributed by atoms with E-state index in [-0.39, 0.29) is 39.3 Å². The van der Waals surface area contributed by atoms with E-state index < -0.39 is 0 Å². The van der Waals surface area contributed by atoms with Crippen LogP contribution in [0.25, 0.3) is 0 Å². The molecule has 1 fully saturated rings. The Kier molecular flexibility index (Phi) is 8.86. The number of rotatable bonds is 3. The first kappa shape index (κ1) is 41.5. The van der Waals surface area contributed by atoms with Gasteiger partial charge in [-0.15, -0.1) is 0 Å². The third kappa shape index (κ3) is 5.85. The first-order valence-electron chi connectivity index (χ1n) is 24.4. The molecule has 2 aliphatic carbocycles. The summed E-state index contributed by atoms with van der Waals surface area (Å²) in [4.78, 5) is 8.09. The summed E-state index contributed by atoms with van der Waals surface area (Å²) in [7, 11) is 0. The monoisotopic (exact) mass is 842 g/mol. The van der Waals surface area contributed by atoms with Crippen LogP contribution >= 0.6 is 0 Å². The Morgan fingerprint density at radius 1 is 0.438 bits per heavy atom. The molecule has 0 aromatic heterocycles. The second-order valence-corrected chi connectivity index (χ2v) is 24.0. The smallest absolute Gasteiger partial charge is 0.252 e. The van der Waals surface area contributed by atoms with Gasteiger partial charge in [0, 0.05) is 50.9 Å². The first-order valence-corrected chi connectivity index (χ1v) is 24.4. The van der Waals surface area contributed by atoms with Gasteiger partial charge >= 0.3 is 0 Å². The predicted molar refractivity (Wildman–Crippen MR) is 276 cm³/mol. The van der Waals surface area contributed by atoms with Gasteiger partial charge in [-0.3, -0.25) is 0 Å². The van der Waals surface area contributed by atoms with Crippen molar-refractivity contribution in [2.45, 2.75) is 154 Å². The Labute approximate surface area is 385 Å². The van der Waals surface area contributed by atoms with Crippen molar-refractivity contribution in [3.05, 3.63) is 149 Å². The minimum absolute atomic E-state index is 0.0120. The number of para-hydroxylation sites is 2. The van der Waals surface area contributed by atoms with Crippen LogP contribution in [0.3, 0.4) is 0 Å². The summed E-state index contributed by atoms with van der Waals surface area (Å²) < 4.78 is 0. The van der Waals surface area contributed by atoms with Crippen LogP contribution in [0.15, 0.2) is 121 Å². The lowest BCUT2D eigenvalue weighted by molar-refractivity contribution is 0.195. The summed E-state index contributed by atoms with van der Waals surface area (Å²) in [5, 5.41) is 0. The van der Waals surface area contributed by atoms with Gasteiger partial charge in [0.25, 0.3) is 6.71 Å². The third-order valence-electron chi connectivity index (χ3n) is 17.2. The van der Waals surface area contributed by atoms with Crippen LogP contribution < -0.4 is 31.1 Å². The first-order chi connectivity index (χ1) is 30.2. The van der Waals surface area contributed by atoms with Crippen LogP contribution in [-0.4, -0.2) is 12.3 Å². The van der Waals surface area contributed by atoms with Crippen LogP contribution in [-0.2, 0) is 27.1 Å². The van der Waals surface area contributed by atoms with Crippen molar-refractivity contribution in [1.29, 1.82) is 0 Å². The van der Waals surface area contributed by atoms with Crippen molar-refractivity contribution < 1.29 is 0 Å². The van der Waals surface area contributed by atoms with Crippen LogP contribution in [0, 0.1) is 0 Å². The summed E-state index contributed by atoms with van der Waals surface area (Å²) in [6.45, 7) is 29.2. The van der Waals surface area contributed by atoms with Crippen LogP contribution in [0.4, 0.5) is 45.5 Å². The molecule has 326 valence electrons. The van der Waals surface area contributed by atoms with E-state index in [0.29, 0.717) is 0 Å². The summed E-state index contributed by atoms with van der Waals surface area (Å²) >= 11 is 0. The van der Waals surface area contributed by atoms with E-state index in [1.807, 2.05) is 0 Å². The summed E-state index contributed by atoms with van der Waals surface area (Å²) in [5.74, 6) is 0. The Morgan fingerprint density at radius 2 is 0.984 bits per heavy atom. The van der Waals surface area contributed by atoms with Crippen LogP contribution in [0.5, 0.6) is 0 Å². The second kappa shape index (κ2) is 13.7. The standard InChI is InChI=1S/C60H68BN3/c1-55(2,3)39-24-27-42(28-25-39)62-50-29-26-40(56(4,5)6)34-47(50)61-48-37-45-46(58(9,10)33-32-57(45,7)8)38-51(48)63(41-20-14-13-15-21-41)53-36-43(35-52(62)54(53)61)64-49-23-17-16-22-44(49)59(11)30-18-19-31-60(59,64)12/h13-17,20-29,34-38H,18-19,30-33H2,1-12H3. The highest BCUT2D eigenvalue weighted by atomic mass is 15.3. The quantitative estimate of drug-likeness (QED) is 0.164. The average Bonchev–Trinajstić information content (AvgIpc) is 3.47. The topological polar surface area (TPSA) is 9.72 Å². The minimum Gasteiger partial charge on any atom is -0.334 e. The van der Waals surface area contributed by atoms with E-state index in [0.717, 1.165) is 6.42 Å². The van der Waals surface area contributed by atoms with E-state index in [9.17, 15) is 0 Å². The maximum Gasteiger partial charge on any atom is 0.252 e. The van der Waals surface area contributed by atoms with Gasteiger partial charge in [-0.25, -0.2) is 0 Å². The van der Waals surface area contributed by atoms with Crippen molar-refractivity contribution in [2.75, 3.05) is 14.7 Å². The molecule has 5 aliphatic rings. The summed E-state index contributed by atoms with van der Waals surface area (Å²) in [6, 6.07) is 48.2. The van der Waals surface area contributed by atoms with E-state index in [2.05, 4.69) is 219 Å². The van der Waals surface area contributed by atoms with Crippen molar-refractivity contribution in [3.8, 4) is 0 Å². The van der Waals surface area contributed by atoms with Crippen molar-refractivity contribution >= 4 is 68.6 Å². The molecule has 2 unspecified atom stereocenters. The highest BCUT2D eigenvalue weighted by molar-refractivity contribution is 7.00. The maximum atomic E-state index is 2.80. The number of hydrogen-bond donors (Lipinski definition) is 0. The molecule has 2 atom stereocenters. The molecule has 0 spiro atoms. The zero-order valence-corrected chi connectivity index (χ0v) is 40.7. The van der Waals surface area contributed by atoms with Crippen LogP contribution in [0.2, 0.25) is 0 Å². The molecule has 0 radical (unpaired) electrons. The minimum atomic E-state index is -0.0818. The van der Waals surface area contributed by atoms with Crippen LogP contribution in [0.1, 0.15) is 149 Å². The highest BCUT2D eigenvalue weighted by Crippen LogP contribution is 2.62. The van der Waals surface area contributed by atoms with Gasteiger partial charge < -0.3 is 14.7 Å². The van der Waals surface area contributed by atoms with Gasteiger partial charge in [0.15, 0.2) is 0 Å². The molecular weight excluding hydrogens is 773 g/mol. The second-order valence-electron chi connectivity index (χ2n) is 24.0. The molecule has 64 heavy (non-hydrogen) atoms. The SMILES string of the molecule is CC(C)(C)c1ccc(N2c3ccc(C(C)(C)C)cc3B3c4cc5c(cc4N(c4ccccc4)c4cc(N6c7ccccc7C7(C)CCCCC67C)cc2c43)C(C)(C)CCC5(C)C)cc1. The van der Waals surface area contributed by atoms with E-state index in [4.69, 9.17) is 0 Å². The number of fused-ring (bicyclic) bond motifs is 8. The lowest BCUT2D eigenvalue weighted by Gasteiger charge is -2.51. The molecular formula is C60H68BN3. The predicted octanol–water partition coefficient (Wildman–Crippen LogP) is 14.5. The molecule has 6 aromatic rings. The van der Waals surface area contributed by atoms with Gasteiger partial charge in [-0.1, -0.05) is 156 Å². The Bertz CT molecular complexity index is 2860. The third-order valence-corrected chi connectivity index (χ3v) is 17.2. The molecule has 4 heteroatoms. The van der Waals surface area contributed by atoms with Crippen molar-refractivity contribution in [2.24, 2.45) is 0 Å². The van der Waals surface area contributed by atoms with Gasteiger partial charge in [0.05, 0.1) is 5.54 Å². The van der Waals surface area contributed by atoms with Gasteiger partial charge in [-0.05, 0) is 153 Å². The number of hydrogen-bond acceptors (Lipinski definition) is 3. The molecule has 11 rings (SSSR count). The Balaban J connectivity index is 1.28. The van der Waals surface area contributed by atoms with E-state index in [1.165, 1.54) is 122 Å². The van der Waals surface area contributed by atoms with Crippen molar-refractivity contribution in [3.63, 3.8) is 0 Å². The van der Waals surface area contributed by atoms with Gasteiger partial charge in [0.2, 0.25) is 0 Å². The molecule has 0 bridgehead atoms. The molecule has 0 saturated heterocycles. The maximum absolute atomic E-state index is 2.80. The molecule has 0 N–H and O–H groups in total. The molecule has 3 nitrogen and oxygen atoms in total. The van der Waals surface area contributed by atoms with Gasteiger partial charge in [-0.2, -0.15) is 0 Å². The molecule has 1 saturated carbocycles. The molecule has 3 aliphatic heterocycles. The number of benzene rings is 6. The van der Waals surface area contributed by atoms with Crippen molar-refractivity contribution in [1.82, 2.24) is 0 Å². The van der Waals surface area contributed by atoms with E-state index in [1.54, 1.807) is 0 Å². The fourth-order valence-electron chi connectivity index (χ4n) is 13.0. The Hall–Kier alpha value is -5.22. The zero-order chi connectivity index (χ0) is 44.9. The Morgan fingerprint density at radius 3 is 1.64 bits per heavy atom. The lowest BCUT2D eigenvalue weighted by atomic mass is 9.33.